The van der Waals surface area contributed by atoms with Crippen molar-refractivity contribution in [2.75, 3.05) is 13.1 Å². The van der Waals surface area contributed by atoms with Crippen molar-refractivity contribution in [2.24, 2.45) is 0 Å². The maximum atomic E-state index is 12.3. The number of nitrogens with zero attached hydrogens (tertiary/aromatic N) is 4. The topological polar surface area (TPSA) is 59.0 Å². The summed E-state index contributed by atoms with van der Waals surface area (Å²) in [4.78, 5) is 26.8. The molecule has 0 atom stereocenters. The summed E-state index contributed by atoms with van der Waals surface area (Å²) in [5.74, 6) is 0.0334. The van der Waals surface area contributed by atoms with E-state index in [1.807, 2.05) is 4.90 Å². The number of hydrogen-bond acceptors (Lipinski definition) is 5. The smallest absolute Gasteiger partial charge is 0.273 e. The molecule has 0 aliphatic carbocycles. The molecule has 3 rings (SSSR count). The molecule has 1 amide bonds. The molecule has 2 aromatic heterocycles. The van der Waals surface area contributed by atoms with Crippen LogP contribution in [0.2, 0.25) is 0 Å². The second kappa shape index (κ2) is 5.44. The molecule has 0 aromatic carbocycles. The third kappa shape index (κ3) is 2.63. The number of thiazole rings is 1. The standard InChI is InChI=1S/C13H14N4OS/c18-13(17-6-2-1-3-7-17)11-9-19-12(16-11)10-8-14-4-5-15-10/h4-5,8-9H,1-3,6-7H2. The van der Waals surface area contributed by atoms with Crippen molar-refractivity contribution in [1.29, 1.82) is 0 Å². The predicted molar refractivity (Wildman–Crippen MR) is 72.9 cm³/mol. The van der Waals surface area contributed by atoms with E-state index in [1.165, 1.54) is 17.8 Å². The van der Waals surface area contributed by atoms with Crippen molar-refractivity contribution in [2.45, 2.75) is 19.3 Å². The average molecular weight is 274 g/mol. The van der Waals surface area contributed by atoms with E-state index in [1.54, 1.807) is 24.0 Å². The first-order valence-corrected chi connectivity index (χ1v) is 7.24. The van der Waals surface area contributed by atoms with E-state index in [0.29, 0.717) is 11.4 Å². The maximum Gasteiger partial charge on any atom is 0.273 e. The van der Waals surface area contributed by atoms with Crippen molar-refractivity contribution < 1.29 is 4.79 Å². The SMILES string of the molecule is O=C(c1csc(-c2cnccn2)n1)N1CCCCC1. The molecule has 19 heavy (non-hydrogen) atoms. The minimum atomic E-state index is 0.0334. The molecule has 1 saturated heterocycles. The first kappa shape index (κ1) is 12.2. The summed E-state index contributed by atoms with van der Waals surface area (Å²) in [5.41, 5.74) is 1.23. The first-order valence-electron chi connectivity index (χ1n) is 6.36. The van der Waals surface area contributed by atoms with Crippen LogP contribution in [0.5, 0.6) is 0 Å². The van der Waals surface area contributed by atoms with Gasteiger partial charge in [0.1, 0.15) is 16.4 Å². The Labute approximate surface area is 115 Å². The molecule has 0 N–H and O–H groups in total. The zero-order valence-electron chi connectivity index (χ0n) is 10.5. The summed E-state index contributed by atoms with van der Waals surface area (Å²) in [6.07, 6.45) is 8.30. The van der Waals surface area contributed by atoms with E-state index in [0.717, 1.165) is 30.9 Å². The molecule has 2 aromatic rings. The van der Waals surface area contributed by atoms with Crippen molar-refractivity contribution >= 4 is 17.2 Å². The summed E-state index contributed by atoms with van der Waals surface area (Å²) in [7, 11) is 0. The van der Waals surface area contributed by atoms with E-state index in [2.05, 4.69) is 15.0 Å². The van der Waals surface area contributed by atoms with Gasteiger partial charge in [0, 0.05) is 30.9 Å². The molecule has 1 aliphatic rings. The highest BCUT2D eigenvalue weighted by molar-refractivity contribution is 7.13. The Hall–Kier alpha value is -1.82. The molecule has 0 unspecified atom stereocenters. The Bertz CT molecular complexity index is 563. The van der Waals surface area contributed by atoms with Gasteiger partial charge < -0.3 is 4.90 Å². The van der Waals surface area contributed by atoms with Crippen LogP contribution in [0.15, 0.2) is 24.0 Å². The molecule has 0 saturated carbocycles. The third-order valence-electron chi connectivity index (χ3n) is 3.15. The molecule has 1 aliphatic heterocycles. The molecular weight excluding hydrogens is 260 g/mol. The normalized spacial score (nSPS) is 15.5. The lowest BCUT2D eigenvalue weighted by Gasteiger charge is -2.25. The Kier molecular flexibility index (Phi) is 3.50. The Morgan fingerprint density at radius 1 is 1.21 bits per heavy atom. The number of likely N-dealkylation sites (tertiary alicyclic amines) is 1. The Morgan fingerprint density at radius 3 is 2.79 bits per heavy atom. The maximum absolute atomic E-state index is 12.3. The van der Waals surface area contributed by atoms with E-state index in [-0.39, 0.29) is 5.91 Å². The molecule has 98 valence electrons. The second-order valence-electron chi connectivity index (χ2n) is 4.48. The van der Waals surface area contributed by atoms with Gasteiger partial charge in [0.15, 0.2) is 0 Å². The summed E-state index contributed by atoms with van der Waals surface area (Å²) in [5, 5.41) is 2.55. The van der Waals surface area contributed by atoms with Gasteiger partial charge in [-0.1, -0.05) is 0 Å². The van der Waals surface area contributed by atoms with Gasteiger partial charge in [0.25, 0.3) is 5.91 Å². The van der Waals surface area contributed by atoms with Gasteiger partial charge in [0.05, 0.1) is 6.20 Å². The lowest BCUT2D eigenvalue weighted by molar-refractivity contribution is 0.0719. The van der Waals surface area contributed by atoms with E-state index in [4.69, 9.17) is 0 Å². The second-order valence-corrected chi connectivity index (χ2v) is 5.34. The van der Waals surface area contributed by atoms with Crippen molar-refractivity contribution in [3.8, 4) is 10.7 Å². The van der Waals surface area contributed by atoms with Crippen molar-refractivity contribution in [1.82, 2.24) is 19.9 Å². The van der Waals surface area contributed by atoms with Gasteiger partial charge in [-0.05, 0) is 19.3 Å². The lowest BCUT2D eigenvalue weighted by Crippen LogP contribution is -2.35. The largest absolute Gasteiger partial charge is 0.337 e. The fourth-order valence-electron chi connectivity index (χ4n) is 2.16. The zero-order valence-corrected chi connectivity index (χ0v) is 11.3. The van der Waals surface area contributed by atoms with Gasteiger partial charge in [-0.3, -0.25) is 14.8 Å². The first-order chi connectivity index (χ1) is 9.34. The van der Waals surface area contributed by atoms with Crippen LogP contribution >= 0.6 is 11.3 Å². The molecule has 1 fully saturated rings. The molecule has 6 heteroatoms. The zero-order chi connectivity index (χ0) is 13.1. The molecule has 0 spiro atoms. The quantitative estimate of drug-likeness (QED) is 0.842. The summed E-state index contributed by atoms with van der Waals surface area (Å²) in [6, 6.07) is 0. The monoisotopic (exact) mass is 274 g/mol. The Balaban J connectivity index is 1.79. The number of rotatable bonds is 2. The highest BCUT2D eigenvalue weighted by Gasteiger charge is 2.20. The molecule has 3 heterocycles. The van der Waals surface area contributed by atoms with Crippen molar-refractivity contribution in [3.05, 3.63) is 29.7 Å². The summed E-state index contributed by atoms with van der Waals surface area (Å²) < 4.78 is 0. The van der Waals surface area contributed by atoms with Crippen LogP contribution in [0.1, 0.15) is 29.8 Å². The van der Waals surface area contributed by atoms with E-state index < -0.39 is 0 Å². The van der Waals surface area contributed by atoms with Crippen LogP contribution < -0.4 is 0 Å². The van der Waals surface area contributed by atoms with Crippen LogP contribution in [0.25, 0.3) is 10.7 Å². The van der Waals surface area contributed by atoms with Crippen LogP contribution in [-0.4, -0.2) is 38.8 Å². The van der Waals surface area contributed by atoms with Crippen LogP contribution in [-0.2, 0) is 0 Å². The number of carbonyl (C=O) groups excluding carboxylic acids is 1. The van der Waals surface area contributed by atoms with Gasteiger partial charge in [-0.15, -0.1) is 11.3 Å². The third-order valence-corrected chi connectivity index (χ3v) is 4.01. The fourth-order valence-corrected chi connectivity index (χ4v) is 2.91. The van der Waals surface area contributed by atoms with E-state index in [9.17, 15) is 4.79 Å². The summed E-state index contributed by atoms with van der Waals surface area (Å²) >= 11 is 1.43. The van der Waals surface area contributed by atoms with Crippen molar-refractivity contribution in [3.63, 3.8) is 0 Å². The molecular formula is C13H14N4OS. The highest BCUT2D eigenvalue weighted by Crippen LogP contribution is 2.22. The lowest BCUT2D eigenvalue weighted by atomic mass is 10.1. The Morgan fingerprint density at radius 2 is 2.05 bits per heavy atom. The van der Waals surface area contributed by atoms with Gasteiger partial charge in [-0.25, -0.2) is 4.98 Å². The van der Waals surface area contributed by atoms with Gasteiger partial charge >= 0.3 is 0 Å². The highest BCUT2D eigenvalue weighted by atomic mass is 32.1. The van der Waals surface area contributed by atoms with Crippen LogP contribution in [0, 0.1) is 0 Å². The number of carbonyl (C=O) groups is 1. The minimum absolute atomic E-state index is 0.0334. The number of amides is 1. The predicted octanol–water partition coefficient (Wildman–Crippen LogP) is 2.23. The minimum Gasteiger partial charge on any atom is -0.337 e. The fraction of sp³-hybridized carbons (Fsp3) is 0.385. The average Bonchev–Trinajstić information content (AvgIpc) is 2.98. The molecule has 5 nitrogen and oxygen atoms in total. The van der Waals surface area contributed by atoms with Crippen LogP contribution in [0.4, 0.5) is 0 Å². The van der Waals surface area contributed by atoms with Gasteiger partial charge in [-0.2, -0.15) is 0 Å². The summed E-state index contributed by atoms with van der Waals surface area (Å²) in [6.45, 7) is 1.69. The molecule has 0 radical (unpaired) electrons. The number of hydrogen-bond donors (Lipinski definition) is 0. The number of aromatic nitrogens is 3. The van der Waals surface area contributed by atoms with Crippen LogP contribution in [0.3, 0.4) is 0 Å². The van der Waals surface area contributed by atoms with Gasteiger partial charge in [0.2, 0.25) is 0 Å². The number of piperidine rings is 1. The molecule has 0 bridgehead atoms. The van der Waals surface area contributed by atoms with E-state index >= 15 is 0 Å².